The quantitative estimate of drug-likeness (QED) is 0.805. The summed E-state index contributed by atoms with van der Waals surface area (Å²) in [6.07, 6.45) is 1.24. The topological polar surface area (TPSA) is 58.6 Å². The maximum absolute atomic E-state index is 12.1. The molecule has 1 saturated heterocycles. The predicted molar refractivity (Wildman–Crippen MR) is 81.2 cm³/mol. The Morgan fingerprint density at radius 3 is 2.71 bits per heavy atom. The first-order valence-electron chi connectivity index (χ1n) is 7.31. The van der Waals surface area contributed by atoms with E-state index < -0.39 is 0 Å². The Hall–Kier alpha value is -1.88. The van der Waals surface area contributed by atoms with Crippen molar-refractivity contribution < 1.29 is 14.3 Å². The van der Waals surface area contributed by atoms with Gasteiger partial charge in [-0.05, 0) is 24.1 Å². The van der Waals surface area contributed by atoms with E-state index in [-0.39, 0.29) is 24.2 Å². The second-order valence-electron chi connectivity index (χ2n) is 5.21. The lowest BCUT2D eigenvalue weighted by Gasteiger charge is -2.17. The summed E-state index contributed by atoms with van der Waals surface area (Å²) < 4.78 is 4.90. The van der Waals surface area contributed by atoms with Crippen LogP contribution in [-0.2, 0) is 20.7 Å². The number of carbonyl (C=O) groups excluding carboxylic acids is 2. The molecule has 1 N–H and O–H groups in total. The lowest BCUT2D eigenvalue weighted by atomic mass is 10.1. The van der Waals surface area contributed by atoms with Gasteiger partial charge >= 0.3 is 0 Å². The predicted octanol–water partition coefficient (Wildman–Crippen LogP) is 1.36. The van der Waals surface area contributed by atoms with Crippen molar-refractivity contribution in [3.63, 3.8) is 0 Å². The van der Waals surface area contributed by atoms with Crippen molar-refractivity contribution >= 4 is 17.5 Å². The number of rotatable bonds is 6. The van der Waals surface area contributed by atoms with Crippen LogP contribution in [0.2, 0.25) is 0 Å². The average molecular weight is 290 g/mol. The van der Waals surface area contributed by atoms with E-state index in [1.54, 1.807) is 12.0 Å². The summed E-state index contributed by atoms with van der Waals surface area (Å²) in [4.78, 5) is 25.8. The van der Waals surface area contributed by atoms with Crippen LogP contribution in [0.5, 0.6) is 0 Å². The number of hydrogen-bond acceptors (Lipinski definition) is 3. The zero-order valence-electron chi connectivity index (χ0n) is 12.6. The van der Waals surface area contributed by atoms with E-state index in [4.69, 9.17) is 4.74 Å². The molecule has 0 aromatic heterocycles. The van der Waals surface area contributed by atoms with Crippen LogP contribution >= 0.6 is 0 Å². The minimum absolute atomic E-state index is 0.00569. The first kappa shape index (κ1) is 15.5. The Balaban J connectivity index is 1.96. The number of carbonyl (C=O) groups is 2. The van der Waals surface area contributed by atoms with Gasteiger partial charge in [0.25, 0.3) is 0 Å². The van der Waals surface area contributed by atoms with Crippen molar-refractivity contribution in [1.82, 2.24) is 5.32 Å². The smallest absolute Gasteiger partial charge is 0.227 e. The monoisotopic (exact) mass is 290 g/mol. The lowest BCUT2D eigenvalue weighted by molar-refractivity contribution is -0.126. The molecule has 21 heavy (non-hydrogen) atoms. The molecule has 0 aliphatic carbocycles. The minimum atomic E-state index is -0.278. The van der Waals surface area contributed by atoms with Gasteiger partial charge in [-0.1, -0.05) is 19.1 Å². The molecule has 1 aromatic carbocycles. The van der Waals surface area contributed by atoms with Crippen LogP contribution in [0.3, 0.4) is 0 Å². The molecule has 2 amide bonds. The zero-order chi connectivity index (χ0) is 15.2. The van der Waals surface area contributed by atoms with Crippen LogP contribution in [0.15, 0.2) is 24.3 Å². The highest BCUT2D eigenvalue weighted by molar-refractivity contribution is 6.00. The van der Waals surface area contributed by atoms with Crippen LogP contribution in [-0.4, -0.2) is 38.6 Å². The Kier molecular flexibility index (Phi) is 5.33. The fourth-order valence-electron chi connectivity index (χ4n) is 2.46. The molecule has 0 radical (unpaired) electrons. The van der Waals surface area contributed by atoms with Crippen molar-refractivity contribution in [2.24, 2.45) is 5.92 Å². The molecule has 114 valence electrons. The van der Waals surface area contributed by atoms with Gasteiger partial charge in [0.2, 0.25) is 11.8 Å². The number of nitrogens with zero attached hydrogens (tertiary/aromatic N) is 1. The van der Waals surface area contributed by atoms with Crippen LogP contribution in [0.4, 0.5) is 5.69 Å². The Bertz CT molecular complexity index is 499. The Labute approximate surface area is 125 Å². The van der Waals surface area contributed by atoms with Gasteiger partial charge in [-0.2, -0.15) is 0 Å². The van der Waals surface area contributed by atoms with Crippen LogP contribution in [0, 0.1) is 5.92 Å². The summed E-state index contributed by atoms with van der Waals surface area (Å²) in [7, 11) is 1.59. The van der Waals surface area contributed by atoms with Crippen LogP contribution < -0.4 is 10.2 Å². The van der Waals surface area contributed by atoms with Crippen molar-refractivity contribution in [1.29, 1.82) is 0 Å². The summed E-state index contributed by atoms with van der Waals surface area (Å²) >= 11 is 0. The molecule has 0 bridgehead atoms. The maximum Gasteiger partial charge on any atom is 0.227 e. The average Bonchev–Trinajstić information content (AvgIpc) is 2.89. The number of amides is 2. The number of ether oxygens (including phenoxy) is 1. The molecule has 0 saturated carbocycles. The van der Waals surface area contributed by atoms with E-state index in [1.165, 1.54) is 5.56 Å². The van der Waals surface area contributed by atoms with Crippen molar-refractivity contribution in [3.05, 3.63) is 29.8 Å². The van der Waals surface area contributed by atoms with Gasteiger partial charge in [-0.25, -0.2) is 0 Å². The highest BCUT2D eigenvalue weighted by Crippen LogP contribution is 2.25. The van der Waals surface area contributed by atoms with Crippen LogP contribution in [0.25, 0.3) is 0 Å². The van der Waals surface area contributed by atoms with Gasteiger partial charge in [-0.15, -0.1) is 0 Å². The molecule has 2 rings (SSSR count). The van der Waals surface area contributed by atoms with Crippen LogP contribution in [0.1, 0.15) is 18.9 Å². The summed E-state index contributed by atoms with van der Waals surface area (Å²) in [5.74, 6) is -0.348. The molecule has 1 aliphatic rings. The van der Waals surface area contributed by atoms with E-state index >= 15 is 0 Å². The van der Waals surface area contributed by atoms with E-state index in [2.05, 4.69) is 12.2 Å². The third kappa shape index (κ3) is 3.82. The fourth-order valence-corrected chi connectivity index (χ4v) is 2.46. The Morgan fingerprint density at radius 1 is 1.38 bits per heavy atom. The molecular formula is C16H22N2O3. The SMILES string of the molecule is CCc1ccc(N2C[C@@H](C(=O)NCCOC)CC2=O)cc1. The Morgan fingerprint density at radius 2 is 2.10 bits per heavy atom. The number of aryl methyl sites for hydroxylation is 1. The van der Waals surface area contributed by atoms with E-state index in [0.29, 0.717) is 19.7 Å². The number of methoxy groups -OCH3 is 1. The number of anilines is 1. The summed E-state index contributed by atoms with van der Waals surface area (Å²) in [6.45, 7) is 3.50. The molecule has 0 unspecified atom stereocenters. The zero-order valence-corrected chi connectivity index (χ0v) is 12.6. The third-order valence-electron chi connectivity index (χ3n) is 3.76. The normalized spacial score (nSPS) is 18.1. The lowest BCUT2D eigenvalue weighted by Crippen LogP contribution is -2.34. The molecule has 5 heteroatoms. The summed E-state index contributed by atoms with van der Waals surface area (Å²) in [5, 5.41) is 2.79. The molecule has 5 nitrogen and oxygen atoms in total. The summed E-state index contributed by atoms with van der Waals surface area (Å²) in [6, 6.07) is 7.94. The van der Waals surface area contributed by atoms with Gasteiger partial charge in [0.15, 0.2) is 0 Å². The number of nitrogens with one attached hydrogen (secondary N) is 1. The van der Waals surface area contributed by atoms with Crippen molar-refractivity contribution in [2.75, 3.05) is 31.7 Å². The van der Waals surface area contributed by atoms with E-state index in [1.807, 2.05) is 24.3 Å². The molecule has 1 aliphatic heterocycles. The third-order valence-corrected chi connectivity index (χ3v) is 3.76. The van der Waals surface area contributed by atoms with Gasteiger partial charge in [-0.3, -0.25) is 9.59 Å². The van der Waals surface area contributed by atoms with Crippen molar-refractivity contribution in [2.45, 2.75) is 19.8 Å². The maximum atomic E-state index is 12.1. The van der Waals surface area contributed by atoms with Gasteiger partial charge in [0, 0.05) is 32.3 Å². The first-order valence-corrected chi connectivity index (χ1v) is 7.31. The minimum Gasteiger partial charge on any atom is -0.383 e. The largest absolute Gasteiger partial charge is 0.383 e. The molecule has 1 heterocycles. The molecular weight excluding hydrogens is 268 g/mol. The second-order valence-corrected chi connectivity index (χ2v) is 5.21. The highest BCUT2D eigenvalue weighted by Gasteiger charge is 2.34. The molecule has 0 spiro atoms. The molecule has 1 aromatic rings. The van der Waals surface area contributed by atoms with E-state index in [9.17, 15) is 9.59 Å². The molecule has 1 atom stereocenters. The number of benzene rings is 1. The van der Waals surface area contributed by atoms with E-state index in [0.717, 1.165) is 12.1 Å². The second kappa shape index (κ2) is 7.22. The summed E-state index contributed by atoms with van der Waals surface area (Å²) in [5.41, 5.74) is 2.10. The standard InChI is InChI=1S/C16H22N2O3/c1-3-12-4-6-14(7-5-12)18-11-13(10-15(18)19)16(20)17-8-9-21-2/h4-7,13H,3,8-11H2,1-2H3,(H,17,20)/t13-/m0/s1. The number of hydrogen-bond donors (Lipinski definition) is 1. The van der Waals surface area contributed by atoms with Crippen molar-refractivity contribution in [3.8, 4) is 0 Å². The highest BCUT2D eigenvalue weighted by atomic mass is 16.5. The van der Waals surface area contributed by atoms with Gasteiger partial charge in [0.05, 0.1) is 12.5 Å². The first-order chi connectivity index (χ1) is 10.2. The van der Waals surface area contributed by atoms with Gasteiger partial charge in [0.1, 0.15) is 0 Å². The fraction of sp³-hybridized carbons (Fsp3) is 0.500. The van der Waals surface area contributed by atoms with Gasteiger partial charge < -0.3 is 15.0 Å². The molecule has 1 fully saturated rings.